The van der Waals surface area contributed by atoms with Crippen molar-refractivity contribution in [2.45, 2.75) is 17.7 Å². The van der Waals surface area contributed by atoms with Crippen LogP contribution < -0.4 is 10.6 Å². The number of aromatic amines is 1. The third kappa shape index (κ3) is 4.75. The summed E-state index contributed by atoms with van der Waals surface area (Å²) in [5.74, 6) is -0.964. The van der Waals surface area contributed by atoms with Gasteiger partial charge in [-0.1, -0.05) is 30.3 Å². The third-order valence-electron chi connectivity index (χ3n) is 5.21. The molecule has 162 valence electrons. The maximum absolute atomic E-state index is 12.8. The van der Waals surface area contributed by atoms with E-state index in [-0.39, 0.29) is 23.9 Å². The van der Waals surface area contributed by atoms with E-state index in [0.29, 0.717) is 25.3 Å². The number of anilines is 1. The number of hydrogen-bond acceptors (Lipinski definition) is 5. The smallest absolute Gasteiger partial charge is 0.246 e. The van der Waals surface area contributed by atoms with E-state index < -0.39 is 21.8 Å². The Labute approximate surface area is 179 Å². The number of H-pyrrole nitrogens is 1. The maximum atomic E-state index is 12.8. The Kier molecular flexibility index (Phi) is 6.01. The first-order chi connectivity index (χ1) is 14.9. The summed E-state index contributed by atoms with van der Waals surface area (Å²) in [4.78, 5) is 32.2. The maximum Gasteiger partial charge on any atom is 0.246 e. The van der Waals surface area contributed by atoms with Crippen molar-refractivity contribution in [2.75, 3.05) is 25.0 Å². The summed E-state index contributed by atoms with van der Waals surface area (Å²) in [6.07, 6.45) is 1.15. The number of carbonyl (C=O) groups excluding carboxylic acids is 2. The number of sulfonamides is 1. The molecule has 2 heterocycles. The number of amides is 2. The number of piperidine rings is 1. The molecule has 1 aliphatic heterocycles. The number of benzene rings is 2. The minimum absolute atomic E-state index is 0.0915. The van der Waals surface area contributed by atoms with Crippen molar-refractivity contribution in [1.82, 2.24) is 19.6 Å². The van der Waals surface area contributed by atoms with Crippen molar-refractivity contribution in [2.24, 2.45) is 5.92 Å². The number of nitrogens with one attached hydrogen (secondary N) is 3. The second-order valence-corrected chi connectivity index (χ2v) is 9.32. The van der Waals surface area contributed by atoms with Gasteiger partial charge >= 0.3 is 0 Å². The molecule has 1 fully saturated rings. The fourth-order valence-electron chi connectivity index (χ4n) is 3.62. The summed E-state index contributed by atoms with van der Waals surface area (Å²) >= 11 is 0. The molecule has 1 atom stereocenters. The van der Waals surface area contributed by atoms with Crippen molar-refractivity contribution in [3.63, 3.8) is 0 Å². The summed E-state index contributed by atoms with van der Waals surface area (Å²) in [6, 6.07) is 15.5. The molecule has 3 N–H and O–H groups in total. The van der Waals surface area contributed by atoms with Gasteiger partial charge in [0.25, 0.3) is 0 Å². The molecule has 0 saturated carbocycles. The lowest BCUT2D eigenvalue weighted by Gasteiger charge is -2.31. The van der Waals surface area contributed by atoms with Gasteiger partial charge in [0.15, 0.2) is 0 Å². The van der Waals surface area contributed by atoms with Gasteiger partial charge in [-0.05, 0) is 37.1 Å². The molecule has 0 radical (unpaired) electrons. The summed E-state index contributed by atoms with van der Waals surface area (Å²) < 4.78 is 27.0. The molecule has 0 aliphatic carbocycles. The first-order valence-electron chi connectivity index (χ1n) is 10.0. The third-order valence-corrected chi connectivity index (χ3v) is 7.09. The number of hydrogen-bond donors (Lipinski definition) is 3. The molecule has 0 spiro atoms. The van der Waals surface area contributed by atoms with Crippen LogP contribution in [0.25, 0.3) is 11.0 Å². The van der Waals surface area contributed by atoms with Crippen LogP contribution in [-0.2, 0) is 19.6 Å². The van der Waals surface area contributed by atoms with Gasteiger partial charge in [0.1, 0.15) is 0 Å². The highest BCUT2D eigenvalue weighted by atomic mass is 32.2. The van der Waals surface area contributed by atoms with Gasteiger partial charge < -0.3 is 10.3 Å². The van der Waals surface area contributed by atoms with E-state index in [2.05, 4.69) is 20.6 Å². The van der Waals surface area contributed by atoms with Crippen molar-refractivity contribution >= 4 is 38.8 Å². The molecule has 4 rings (SSSR count). The van der Waals surface area contributed by atoms with Crippen molar-refractivity contribution < 1.29 is 18.0 Å². The summed E-state index contributed by atoms with van der Waals surface area (Å²) in [5.41, 5.74) is 1.52. The van der Waals surface area contributed by atoms with Crippen LogP contribution in [0.4, 0.5) is 5.95 Å². The van der Waals surface area contributed by atoms with Gasteiger partial charge in [0, 0.05) is 13.1 Å². The Morgan fingerprint density at radius 1 is 1.10 bits per heavy atom. The Hall–Kier alpha value is -3.24. The molecule has 2 aromatic carbocycles. The van der Waals surface area contributed by atoms with E-state index in [1.165, 1.54) is 4.31 Å². The number of rotatable bonds is 6. The largest absolute Gasteiger partial charge is 0.347 e. The van der Waals surface area contributed by atoms with Crippen molar-refractivity contribution in [1.29, 1.82) is 0 Å². The van der Waals surface area contributed by atoms with Gasteiger partial charge in [-0.25, -0.2) is 13.4 Å². The molecular formula is C21H23N5O4S. The van der Waals surface area contributed by atoms with E-state index in [0.717, 1.165) is 11.0 Å². The highest BCUT2D eigenvalue weighted by Gasteiger charge is 2.33. The SMILES string of the molecule is O=C(CNC(=O)[C@H]1CCCN(S(=O)(=O)c2ccccc2)C1)Nc1nc2ccccc2[nH]1. The summed E-state index contributed by atoms with van der Waals surface area (Å²) in [5, 5.41) is 5.22. The highest BCUT2D eigenvalue weighted by molar-refractivity contribution is 7.89. The van der Waals surface area contributed by atoms with Crippen molar-refractivity contribution in [3.05, 3.63) is 54.6 Å². The van der Waals surface area contributed by atoms with Crippen LogP contribution in [0.1, 0.15) is 12.8 Å². The Balaban J connectivity index is 1.32. The molecule has 3 aromatic rings. The first-order valence-corrected chi connectivity index (χ1v) is 11.4. The number of imidazole rings is 1. The van der Waals surface area contributed by atoms with E-state index in [1.54, 1.807) is 30.3 Å². The zero-order valence-corrected chi connectivity index (χ0v) is 17.6. The second-order valence-electron chi connectivity index (χ2n) is 7.38. The number of nitrogens with zero attached hydrogens (tertiary/aromatic N) is 2. The molecule has 2 amide bonds. The van der Waals surface area contributed by atoms with E-state index in [9.17, 15) is 18.0 Å². The predicted molar refractivity (Wildman–Crippen MR) is 116 cm³/mol. The molecule has 10 heteroatoms. The molecule has 1 aromatic heterocycles. The first kappa shape index (κ1) is 21.0. The quantitative estimate of drug-likeness (QED) is 0.537. The zero-order valence-electron chi connectivity index (χ0n) is 16.7. The van der Waals surface area contributed by atoms with E-state index in [4.69, 9.17) is 0 Å². The van der Waals surface area contributed by atoms with Crippen LogP contribution in [0.2, 0.25) is 0 Å². The molecule has 1 saturated heterocycles. The second kappa shape index (κ2) is 8.86. The Morgan fingerprint density at radius 2 is 1.84 bits per heavy atom. The van der Waals surface area contributed by atoms with Gasteiger partial charge in [-0.2, -0.15) is 4.31 Å². The fourth-order valence-corrected chi connectivity index (χ4v) is 5.16. The standard InChI is InChI=1S/C21H23N5O4S/c27-19(25-21-23-17-10-4-5-11-18(17)24-21)13-22-20(28)15-7-6-12-26(14-15)31(29,30)16-8-2-1-3-9-16/h1-5,8-11,15H,6-7,12-14H2,(H,22,28)(H2,23,24,25,27)/t15-/m0/s1. The lowest BCUT2D eigenvalue weighted by Crippen LogP contribution is -2.46. The lowest BCUT2D eigenvalue weighted by atomic mass is 9.99. The summed E-state index contributed by atoms with van der Waals surface area (Å²) in [7, 11) is -3.65. The predicted octanol–water partition coefficient (Wildman–Crippen LogP) is 1.72. The fraction of sp³-hybridized carbons (Fsp3) is 0.286. The Bertz CT molecular complexity index is 1160. The molecule has 9 nitrogen and oxygen atoms in total. The van der Waals surface area contributed by atoms with Crippen LogP contribution in [0.15, 0.2) is 59.5 Å². The van der Waals surface area contributed by atoms with E-state index >= 15 is 0 Å². The minimum Gasteiger partial charge on any atom is -0.347 e. The average Bonchev–Trinajstić information content (AvgIpc) is 3.20. The zero-order chi connectivity index (χ0) is 21.8. The van der Waals surface area contributed by atoms with Gasteiger partial charge in [0.2, 0.25) is 27.8 Å². The normalized spacial score (nSPS) is 17.4. The molecule has 0 unspecified atom stereocenters. The van der Waals surface area contributed by atoms with Gasteiger partial charge in [-0.15, -0.1) is 0 Å². The summed E-state index contributed by atoms with van der Waals surface area (Å²) in [6.45, 7) is 0.236. The monoisotopic (exact) mass is 441 g/mol. The minimum atomic E-state index is -3.65. The molecule has 1 aliphatic rings. The topological polar surface area (TPSA) is 124 Å². The van der Waals surface area contributed by atoms with E-state index in [1.807, 2.05) is 24.3 Å². The van der Waals surface area contributed by atoms with Crippen molar-refractivity contribution in [3.8, 4) is 0 Å². The molecular weight excluding hydrogens is 418 g/mol. The Morgan fingerprint density at radius 3 is 2.61 bits per heavy atom. The lowest BCUT2D eigenvalue weighted by molar-refractivity contribution is -0.128. The molecule has 31 heavy (non-hydrogen) atoms. The van der Waals surface area contributed by atoms with Crippen LogP contribution in [-0.4, -0.2) is 54.1 Å². The number of aromatic nitrogens is 2. The van der Waals surface area contributed by atoms with Crippen LogP contribution in [0.5, 0.6) is 0 Å². The van der Waals surface area contributed by atoms with Gasteiger partial charge in [-0.3, -0.25) is 14.9 Å². The van der Waals surface area contributed by atoms with Crippen LogP contribution in [0.3, 0.4) is 0 Å². The number of fused-ring (bicyclic) bond motifs is 1. The number of para-hydroxylation sites is 2. The highest BCUT2D eigenvalue weighted by Crippen LogP contribution is 2.23. The van der Waals surface area contributed by atoms with Crippen LogP contribution >= 0.6 is 0 Å². The number of carbonyl (C=O) groups is 2. The van der Waals surface area contributed by atoms with Gasteiger partial charge in [0.05, 0.1) is 28.4 Å². The van der Waals surface area contributed by atoms with Crippen LogP contribution in [0, 0.1) is 5.92 Å². The average molecular weight is 442 g/mol. The molecule has 0 bridgehead atoms.